The van der Waals surface area contributed by atoms with Crippen LogP contribution in [0.15, 0.2) is 30.3 Å². The Labute approximate surface area is 202 Å². The minimum Gasteiger partial charge on any atom is -1.00 e. The second-order valence-corrected chi connectivity index (χ2v) is 5.75. The van der Waals surface area contributed by atoms with Crippen LogP contribution in [0.4, 0.5) is 0 Å². The van der Waals surface area contributed by atoms with Gasteiger partial charge >= 0.3 is 82.2 Å². The van der Waals surface area contributed by atoms with E-state index in [-0.39, 0.29) is 79.5 Å². The Morgan fingerprint density at radius 3 is 1.83 bits per heavy atom. The van der Waals surface area contributed by atoms with Crippen LogP contribution in [0.3, 0.4) is 0 Å². The maximum Gasteiger partial charge on any atom is 1.00 e. The van der Waals surface area contributed by atoms with E-state index >= 15 is 0 Å². The van der Waals surface area contributed by atoms with Gasteiger partial charge in [-0.05, 0) is 12.0 Å². The van der Waals surface area contributed by atoms with Crippen molar-refractivity contribution in [1.29, 1.82) is 0 Å². The Hall–Kier alpha value is 0.394. The van der Waals surface area contributed by atoms with Crippen LogP contribution in [0, 0.1) is 0 Å². The average Bonchev–Trinajstić information content (AvgIpc) is 2.50. The number of carboxylic acids is 2. The molecule has 0 fully saturated rings. The molecule has 0 aliphatic carbocycles. The first-order valence-electron chi connectivity index (χ1n) is 8.08. The fourth-order valence-electron chi connectivity index (χ4n) is 2.77. The van der Waals surface area contributed by atoms with Gasteiger partial charge in [0.15, 0.2) is 5.41 Å². The molecule has 0 saturated carbocycles. The second kappa shape index (κ2) is 14.6. The van der Waals surface area contributed by atoms with Crippen molar-refractivity contribution in [2.24, 2.45) is 0 Å². The summed E-state index contributed by atoms with van der Waals surface area (Å²) in [4.78, 5) is 23.4. The van der Waals surface area contributed by atoms with Crippen molar-refractivity contribution in [2.75, 3.05) is 0 Å². The molecule has 2 N–H and O–H groups in total. The Morgan fingerprint density at radius 1 is 0.917 bits per heavy atom. The van der Waals surface area contributed by atoms with Gasteiger partial charge in [-0.3, -0.25) is 9.59 Å². The molecule has 0 heterocycles. The molecule has 0 saturated heterocycles. The molecular weight excluding hydrogens is 326 g/mol. The van der Waals surface area contributed by atoms with Gasteiger partial charge < -0.3 is 13.1 Å². The van der Waals surface area contributed by atoms with Crippen LogP contribution in [0.1, 0.15) is 66.7 Å². The fraction of sp³-hybridized carbons (Fsp3) is 0.556. The predicted molar refractivity (Wildman–Crippen MR) is 88.2 cm³/mol. The van der Waals surface area contributed by atoms with Gasteiger partial charge in [0.05, 0.1) is 0 Å². The third-order valence-corrected chi connectivity index (χ3v) is 4.15. The van der Waals surface area contributed by atoms with E-state index in [1.54, 1.807) is 30.3 Å². The predicted octanol–water partition coefficient (Wildman–Crippen LogP) is -1.53. The van der Waals surface area contributed by atoms with Crippen LogP contribution in [0.5, 0.6) is 0 Å². The zero-order valence-electron chi connectivity index (χ0n) is 17.3. The molecule has 1 rings (SSSR count). The van der Waals surface area contributed by atoms with Crippen LogP contribution >= 0.6 is 0 Å². The number of aliphatic carboxylic acids is 2. The van der Waals surface area contributed by atoms with E-state index in [0.29, 0.717) is 12.0 Å². The van der Waals surface area contributed by atoms with Crippen LogP contribution in [-0.2, 0) is 15.0 Å². The molecular formula is C18H28KLiO4. The van der Waals surface area contributed by atoms with Crippen molar-refractivity contribution in [1.82, 2.24) is 0 Å². The molecule has 4 nitrogen and oxygen atoms in total. The van der Waals surface area contributed by atoms with Crippen molar-refractivity contribution in [2.45, 2.75) is 63.7 Å². The summed E-state index contributed by atoms with van der Waals surface area (Å²) in [7, 11) is 0. The van der Waals surface area contributed by atoms with Crippen molar-refractivity contribution < 1.29 is 92.9 Å². The quantitative estimate of drug-likeness (QED) is 0.287. The third kappa shape index (κ3) is 7.74. The maximum atomic E-state index is 11.7. The van der Waals surface area contributed by atoms with Crippen LogP contribution in [0.25, 0.3) is 0 Å². The van der Waals surface area contributed by atoms with Crippen molar-refractivity contribution in [3.8, 4) is 0 Å². The summed E-state index contributed by atoms with van der Waals surface area (Å²) in [5.41, 5.74) is -1.48. The summed E-state index contributed by atoms with van der Waals surface area (Å²) in [6, 6.07) is 8.29. The summed E-state index contributed by atoms with van der Waals surface area (Å²) in [5, 5.41) is 19.1. The normalized spacial score (nSPS) is 10.4. The number of benzene rings is 1. The first-order chi connectivity index (χ1) is 10.6. The molecule has 126 valence electrons. The molecule has 0 radical (unpaired) electrons. The van der Waals surface area contributed by atoms with Gasteiger partial charge in [-0.1, -0.05) is 82.2 Å². The molecule has 0 bridgehead atoms. The SMILES string of the molecule is CCCCCCCCCC(C(=O)O)(C(=O)O)c1ccccc1.[H-].[H-].[K+].[Li+]. The standard InChI is InChI=1S/C18H26O4.K.Li.2H/c1-2-3-4-5-6-7-11-14-18(16(19)20,17(21)22)15-12-9-8-10-13-15;;;;/h8-10,12-13H,2-7,11,14H2,1H3,(H,19,20)(H,21,22);;;;/q;2*+1;2*-1. The number of rotatable bonds is 11. The molecule has 0 aromatic heterocycles. The maximum absolute atomic E-state index is 11.7. The monoisotopic (exact) mass is 354 g/mol. The molecule has 24 heavy (non-hydrogen) atoms. The second-order valence-electron chi connectivity index (χ2n) is 5.75. The van der Waals surface area contributed by atoms with E-state index in [2.05, 4.69) is 6.92 Å². The molecule has 0 aliphatic rings. The summed E-state index contributed by atoms with van der Waals surface area (Å²) < 4.78 is 0. The van der Waals surface area contributed by atoms with E-state index in [9.17, 15) is 19.8 Å². The summed E-state index contributed by atoms with van der Waals surface area (Å²) in [6.07, 6.45) is 7.38. The third-order valence-electron chi connectivity index (χ3n) is 4.15. The molecule has 1 aromatic carbocycles. The molecule has 6 heteroatoms. The average molecular weight is 354 g/mol. The first kappa shape index (κ1) is 26.6. The van der Waals surface area contributed by atoms with Gasteiger partial charge in [0, 0.05) is 0 Å². The van der Waals surface area contributed by atoms with E-state index in [4.69, 9.17) is 0 Å². The van der Waals surface area contributed by atoms with Crippen molar-refractivity contribution in [3.63, 3.8) is 0 Å². The minimum absolute atomic E-state index is 0. The van der Waals surface area contributed by atoms with Crippen LogP contribution in [-0.4, -0.2) is 22.2 Å². The molecule has 0 spiro atoms. The minimum atomic E-state index is -1.83. The van der Waals surface area contributed by atoms with Gasteiger partial charge in [0.2, 0.25) is 0 Å². The van der Waals surface area contributed by atoms with E-state index in [1.165, 1.54) is 19.3 Å². The number of carbonyl (C=O) groups is 2. The first-order valence-corrected chi connectivity index (χ1v) is 8.08. The fourth-order valence-corrected chi connectivity index (χ4v) is 2.77. The Balaban J connectivity index is -0.000000605. The van der Waals surface area contributed by atoms with Crippen LogP contribution < -0.4 is 70.2 Å². The summed E-state index contributed by atoms with van der Waals surface area (Å²) >= 11 is 0. The molecule has 0 atom stereocenters. The van der Waals surface area contributed by atoms with Crippen molar-refractivity contribution >= 4 is 11.9 Å². The van der Waals surface area contributed by atoms with E-state index < -0.39 is 17.4 Å². The van der Waals surface area contributed by atoms with Crippen molar-refractivity contribution in [3.05, 3.63) is 35.9 Å². The van der Waals surface area contributed by atoms with Gasteiger partial charge in [-0.25, -0.2) is 0 Å². The summed E-state index contributed by atoms with van der Waals surface area (Å²) in [6.45, 7) is 2.16. The largest absolute Gasteiger partial charge is 1.00 e. The summed E-state index contributed by atoms with van der Waals surface area (Å²) in [5.74, 6) is -2.56. The number of carboxylic acid groups (broad SMARTS) is 2. The van der Waals surface area contributed by atoms with E-state index in [1.807, 2.05) is 0 Å². The van der Waals surface area contributed by atoms with Gasteiger partial charge in [-0.15, -0.1) is 0 Å². The number of unbranched alkanes of at least 4 members (excludes halogenated alkanes) is 6. The number of hydrogen-bond acceptors (Lipinski definition) is 2. The van der Waals surface area contributed by atoms with Gasteiger partial charge in [0.25, 0.3) is 0 Å². The van der Waals surface area contributed by atoms with E-state index in [0.717, 1.165) is 19.3 Å². The smallest absolute Gasteiger partial charge is 1.00 e. The zero-order chi connectivity index (χ0) is 16.4. The Kier molecular flexibility index (Phi) is 16.1. The van der Waals surface area contributed by atoms with Gasteiger partial charge in [0.1, 0.15) is 0 Å². The molecule has 1 aromatic rings. The Morgan fingerprint density at radius 2 is 1.38 bits per heavy atom. The van der Waals surface area contributed by atoms with Crippen LogP contribution in [0.2, 0.25) is 0 Å². The zero-order valence-corrected chi connectivity index (χ0v) is 18.4. The molecule has 0 aliphatic heterocycles. The van der Waals surface area contributed by atoms with Gasteiger partial charge in [-0.2, -0.15) is 0 Å². The molecule has 0 amide bonds. The molecule has 0 unspecified atom stereocenters. The topological polar surface area (TPSA) is 74.6 Å². The number of hydrogen-bond donors (Lipinski definition) is 2. The Bertz CT molecular complexity index is 475.